The molecule has 0 spiro atoms. The normalized spacial score (nSPS) is 12.7. The minimum atomic E-state index is -4.52. The highest BCUT2D eigenvalue weighted by Gasteiger charge is 2.31. The van der Waals surface area contributed by atoms with Crippen molar-refractivity contribution in [3.63, 3.8) is 0 Å². The third kappa shape index (κ3) is 5.65. The van der Waals surface area contributed by atoms with Crippen molar-refractivity contribution in [2.24, 2.45) is 0 Å². The van der Waals surface area contributed by atoms with Gasteiger partial charge in [-0.2, -0.15) is 13.2 Å². The Bertz CT molecular complexity index is 3840. The number of aryl methyl sites for hydroxylation is 1. The lowest BCUT2D eigenvalue weighted by Crippen LogP contribution is -2.11. The lowest BCUT2D eigenvalue weighted by Gasteiger charge is -2.21. The summed E-state index contributed by atoms with van der Waals surface area (Å²) >= 11 is 0. The van der Waals surface area contributed by atoms with Crippen molar-refractivity contribution in [3.8, 4) is 34.0 Å². The first-order valence-corrected chi connectivity index (χ1v) is 21.0. The summed E-state index contributed by atoms with van der Waals surface area (Å²) in [6, 6.07) is 47.8. The van der Waals surface area contributed by atoms with E-state index in [1.54, 1.807) is 0 Å². The smallest absolute Gasteiger partial charge is 0.416 e. The number of halogens is 3. The number of aromatic amines is 1. The fourth-order valence-electron chi connectivity index (χ4n) is 9.50. The van der Waals surface area contributed by atoms with Gasteiger partial charge in [-0.1, -0.05) is 93.1 Å². The van der Waals surface area contributed by atoms with E-state index >= 15 is 0 Å². The minimum Gasteiger partial charge on any atom is -0.455 e. The SMILES string of the molecule is Cc1ccc2c(c1)c1ccc(-c3cccc4c3nc(-c3cc(C(C)(C)C)cc5c3[nH]c3ccc6c7ccccc7oc6c35)n4-c3ccccc3)cc1n2-c1cc(C(F)(F)F)ccn1. The molecule has 12 aromatic rings. The molecule has 0 aliphatic rings. The molecule has 0 saturated heterocycles. The van der Waals surface area contributed by atoms with Crippen LogP contribution in [0.5, 0.6) is 0 Å². The molecule has 0 radical (unpaired) electrons. The number of fused-ring (bicyclic) bond motifs is 11. The quantitative estimate of drug-likeness (QED) is 0.192. The Hall–Kier alpha value is -7.65. The second kappa shape index (κ2) is 13.2. The van der Waals surface area contributed by atoms with E-state index in [9.17, 15) is 13.2 Å². The van der Waals surface area contributed by atoms with Crippen molar-refractivity contribution >= 4 is 76.6 Å². The van der Waals surface area contributed by atoms with Gasteiger partial charge < -0.3 is 9.40 Å². The number of hydrogen-bond donors (Lipinski definition) is 1. The Labute approximate surface area is 358 Å². The summed E-state index contributed by atoms with van der Waals surface area (Å²) < 4.78 is 52.9. The molecule has 7 aromatic carbocycles. The summed E-state index contributed by atoms with van der Waals surface area (Å²) in [6.07, 6.45) is -3.29. The molecule has 0 atom stereocenters. The maximum absolute atomic E-state index is 14.1. The summed E-state index contributed by atoms with van der Waals surface area (Å²) in [5.41, 5.74) is 11.8. The van der Waals surface area contributed by atoms with Gasteiger partial charge in [0.1, 0.15) is 22.8 Å². The zero-order chi connectivity index (χ0) is 42.9. The van der Waals surface area contributed by atoms with Crippen molar-refractivity contribution in [2.45, 2.75) is 39.3 Å². The Morgan fingerprint density at radius 2 is 1.41 bits per heavy atom. The van der Waals surface area contributed by atoms with E-state index in [-0.39, 0.29) is 11.2 Å². The molecule has 5 aromatic heterocycles. The topological polar surface area (TPSA) is 64.6 Å². The van der Waals surface area contributed by atoms with Crippen LogP contribution in [0.25, 0.3) is 111 Å². The number of pyridine rings is 1. The van der Waals surface area contributed by atoms with Gasteiger partial charge in [0, 0.05) is 49.9 Å². The number of imidazole rings is 1. The molecule has 63 heavy (non-hydrogen) atoms. The molecule has 1 N–H and O–H groups in total. The largest absolute Gasteiger partial charge is 0.455 e. The first kappa shape index (κ1) is 37.1. The van der Waals surface area contributed by atoms with Gasteiger partial charge in [-0.25, -0.2) is 9.97 Å². The summed E-state index contributed by atoms with van der Waals surface area (Å²) in [6.45, 7) is 8.70. The molecule has 9 heteroatoms. The molecule has 0 amide bonds. The number of alkyl halides is 3. The average Bonchev–Trinajstić information content (AvgIpc) is 4.04. The van der Waals surface area contributed by atoms with Crippen LogP contribution in [0, 0.1) is 6.92 Å². The van der Waals surface area contributed by atoms with E-state index in [4.69, 9.17) is 9.40 Å². The monoisotopic (exact) mass is 829 g/mol. The lowest BCUT2D eigenvalue weighted by molar-refractivity contribution is -0.137. The van der Waals surface area contributed by atoms with Crippen LogP contribution in [0.3, 0.4) is 0 Å². The lowest BCUT2D eigenvalue weighted by atomic mass is 9.85. The van der Waals surface area contributed by atoms with Gasteiger partial charge in [-0.15, -0.1) is 0 Å². The average molecular weight is 830 g/mol. The van der Waals surface area contributed by atoms with Gasteiger partial charge in [0.25, 0.3) is 0 Å². The maximum Gasteiger partial charge on any atom is 0.416 e. The zero-order valence-electron chi connectivity index (χ0n) is 34.8. The molecule has 0 saturated carbocycles. The fraction of sp³-hybridized carbons (Fsp3) is 0.111. The predicted molar refractivity (Wildman–Crippen MR) is 249 cm³/mol. The maximum atomic E-state index is 14.1. The molecule has 0 fully saturated rings. The van der Waals surface area contributed by atoms with Crippen LogP contribution in [0.1, 0.15) is 37.5 Å². The van der Waals surface area contributed by atoms with Gasteiger partial charge in [-0.3, -0.25) is 9.13 Å². The highest BCUT2D eigenvalue weighted by atomic mass is 19.4. The van der Waals surface area contributed by atoms with Crippen LogP contribution in [-0.4, -0.2) is 24.1 Å². The van der Waals surface area contributed by atoms with Crippen LogP contribution in [-0.2, 0) is 11.6 Å². The summed E-state index contributed by atoms with van der Waals surface area (Å²) in [5.74, 6) is 0.965. The van der Waals surface area contributed by atoms with Gasteiger partial charge in [0.2, 0.25) is 0 Å². The van der Waals surface area contributed by atoms with Crippen molar-refractivity contribution < 1.29 is 17.6 Å². The van der Waals surface area contributed by atoms with Gasteiger partial charge in [0.05, 0.1) is 44.0 Å². The van der Waals surface area contributed by atoms with Gasteiger partial charge in [-0.05, 0) is 102 Å². The number of H-pyrrole nitrogens is 1. The predicted octanol–water partition coefficient (Wildman–Crippen LogP) is 15.0. The van der Waals surface area contributed by atoms with Crippen molar-refractivity contribution in [1.82, 2.24) is 24.1 Å². The number of nitrogens with zero attached hydrogens (tertiary/aromatic N) is 4. The molecule has 0 unspecified atom stereocenters. The number of rotatable bonds is 4. The Kier molecular flexibility index (Phi) is 7.77. The van der Waals surface area contributed by atoms with E-state index in [0.29, 0.717) is 0 Å². The Morgan fingerprint density at radius 1 is 0.603 bits per heavy atom. The third-order valence-corrected chi connectivity index (χ3v) is 12.6. The van der Waals surface area contributed by atoms with Gasteiger partial charge in [0.15, 0.2) is 0 Å². The second-order valence-electron chi connectivity index (χ2n) is 17.6. The van der Waals surface area contributed by atoms with Gasteiger partial charge >= 0.3 is 6.18 Å². The zero-order valence-corrected chi connectivity index (χ0v) is 34.8. The number of hydrogen-bond acceptors (Lipinski definition) is 3. The van der Waals surface area contributed by atoms with E-state index in [1.807, 2.05) is 66.1 Å². The molecule has 0 bridgehead atoms. The highest BCUT2D eigenvalue weighted by Crippen LogP contribution is 2.45. The molecular formula is C54H38F3N5O. The number of nitrogens with one attached hydrogen (secondary N) is 1. The number of furan rings is 1. The van der Waals surface area contributed by atoms with Crippen molar-refractivity contribution in [3.05, 3.63) is 168 Å². The highest BCUT2D eigenvalue weighted by molar-refractivity contribution is 6.24. The Morgan fingerprint density at radius 3 is 2.24 bits per heavy atom. The van der Waals surface area contributed by atoms with Crippen molar-refractivity contribution in [1.29, 1.82) is 0 Å². The van der Waals surface area contributed by atoms with E-state index in [0.717, 1.165) is 128 Å². The van der Waals surface area contributed by atoms with Crippen LogP contribution < -0.4 is 0 Å². The number of para-hydroxylation sites is 3. The number of benzene rings is 7. The molecule has 6 nitrogen and oxygen atoms in total. The minimum absolute atomic E-state index is 0.195. The molecular weight excluding hydrogens is 792 g/mol. The van der Waals surface area contributed by atoms with Crippen LogP contribution >= 0.6 is 0 Å². The van der Waals surface area contributed by atoms with Crippen LogP contribution in [0.15, 0.2) is 156 Å². The standard InChI is InChI=1S/C54H38F3N5O/c1-30-17-22-43-39(25-30)36-19-18-31(26-45(36)62(43)47-29-32(23-24-58-47)54(55,56)57)35-14-10-15-44-50(35)60-52(61(44)34-11-6-5-7-12-34)41-28-33(53(2,3)4)27-40-48-42(59-49(40)41)21-20-38-37-13-8-9-16-46(37)63-51(38)48/h5-29,59H,1-4H3. The molecule has 0 aliphatic heterocycles. The first-order chi connectivity index (χ1) is 30.4. The van der Waals surface area contributed by atoms with E-state index in [1.165, 1.54) is 6.20 Å². The Balaban J connectivity index is 1.14. The molecule has 306 valence electrons. The summed E-state index contributed by atoms with van der Waals surface area (Å²) in [7, 11) is 0. The van der Waals surface area contributed by atoms with E-state index in [2.05, 4.69) is 114 Å². The molecule has 12 rings (SSSR count). The molecule has 0 aliphatic carbocycles. The van der Waals surface area contributed by atoms with Crippen molar-refractivity contribution in [2.75, 3.05) is 0 Å². The first-order valence-electron chi connectivity index (χ1n) is 21.0. The molecule has 5 heterocycles. The number of aromatic nitrogens is 5. The van der Waals surface area contributed by atoms with Crippen LogP contribution in [0.2, 0.25) is 0 Å². The summed E-state index contributed by atoms with van der Waals surface area (Å²) in [5, 5.41) is 6.08. The van der Waals surface area contributed by atoms with Crippen LogP contribution in [0.4, 0.5) is 13.2 Å². The summed E-state index contributed by atoms with van der Waals surface area (Å²) in [4.78, 5) is 13.9. The fourth-order valence-corrected chi connectivity index (χ4v) is 9.50. The second-order valence-corrected chi connectivity index (χ2v) is 17.6. The van der Waals surface area contributed by atoms with E-state index < -0.39 is 11.7 Å². The third-order valence-electron chi connectivity index (χ3n) is 12.6.